The van der Waals surface area contributed by atoms with E-state index in [-0.39, 0.29) is 18.1 Å². The molecule has 0 aromatic heterocycles. The number of likely N-dealkylation sites (tertiary alicyclic amines) is 1. The Morgan fingerprint density at radius 2 is 2.27 bits per heavy atom. The maximum atomic E-state index is 12.4. The minimum Gasteiger partial charge on any atom is -0.496 e. The number of ether oxygens (including phenoxy) is 1. The first kappa shape index (κ1) is 18.8. The minimum absolute atomic E-state index is 0.0652. The molecule has 1 unspecified atom stereocenters. The van der Waals surface area contributed by atoms with Crippen LogP contribution >= 0.6 is 27.5 Å². The number of carbonyl (C=O) groups excluding carboxylic acids is 1. The summed E-state index contributed by atoms with van der Waals surface area (Å²) < 4.78 is 6.14. The van der Waals surface area contributed by atoms with Gasteiger partial charge in [-0.3, -0.25) is 0 Å². The van der Waals surface area contributed by atoms with Gasteiger partial charge in [-0.15, -0.1) is 0 Å². The zero-order valence-corrected chi connectivity index (χ0v) is 17.1. The van der Waals surface area contributed by atoms with Crippen LogP contribution in [0.4, 0.5) is 4.79 Å². The van der Waals surface area contributed by atoms with Gasteiger partial charge in [0.2, 0.25) is 0 Å². The van der Waals surface area contributed by atoms with E-state index in [0.29, 0.717) is 29.8 Å². The Labute approximate surface area is 165 Å². The third-order valence-electron chi connectivity index (χ3n) is 4.24. The first-order chi connectivity index (χ1) is 12.3. The molecule has 0 spiro atoms. The van der Waals surface area contributed by atoms with Gasteiger partial charge >= 0.3 is 6.03 Å². The SMILES string of the molecule is COc1cc(C2=C3CN(C(=O)NC(C)C)CC3N=C(N)N2)c(Cl)cc1Br. The number of nitrogens with one attached hydrogen (secondary N) is 2. The molecule has 26 heavy (non-hydrogen) atoms. The number of methoxy groups -OCH3 is 1. The summed E-state index contributed by atoms with van der Waals surface area (Å²) in [5.41, 5.74) is 8.49. The number of aliphatic imine (C=N–C) groups is 1. The average Bonchev–Trinajstić information content (AvgIpc) is 2.98. The fourth-order valence-corrected chi connectivity index (χ4v) is 3.97. The van der Waals surface area contributed by atoms with Gasteiger partial charge in [0.05, 0.1) is 28.3 Å². The second kappa shape index (κ2) is 7.36. The van der Waals surface area contributed by atoms with Crippen molar-refractivity contribution in [2.45, 2.75) is 25.9 Å². The Balaban J connectivity index is 2.00. The molecule has 2 aliphatic rings. The van der Waals surface area contributed by atoms with Gasteiger partial charge in [-0.05, 0) is 47.5 Å². The Morgan fingerprint density at radius 3 is 2.92 bits per heavy atom. The summed E-state index contributed by atoms with van der Waals surface area (Å²) in [6.07, 6.45) is 0. The van der Waals surface area contributed by atoms with Crippen LogP contribution in [0.25, 0.3) is 5.70 Å². The van der Waals surface area contributed by atoms with Gasteiger partial charge in [0.15, 0.2) is 5.96 Å². The van der Waals surface area contributed by atoms with E-state index in [1.165, 1.54) is 0 Å². The molecule has 1 atom stereocenters. The molecule has 140 valence electrons. The van der Waals surface area contributed by atoms with Crippen LogP contribution in [0.15, 0.2) is 27.2 Å². The number of halogens is 2. The van der Waals surface area contributed by atoms with Crippen molar-refractivity contribution in [3.05, 3.63) is 32.8 Å². The molecule has 1 aromatic rings. The number of urea groups is 1. The first-order valence-corrected chi connectivity index (χ1v) is 9.39. The van der Waals surface area contributed by atoms with Gasteiger partial charge in [0, 0.05) is 24.7 Å². The van der Waals surface area contributed by atoms with E-state index in [2.05, 4.69) is 31.6 Å². The lowest BCUT2D eigenvalue weighted by Gasteiger charge is -2.23. The zero-order chi connectivity index (χ0) is 19.0. The summed E-state index contributed by atoms with van der Waals surface area (Å²) in [7, 11) is 1.59. The lowest BCUT2D eigenvalue weighted by Crippen LogP contribution is -2.42. The zero-order valence-electron chi connectivity index (χ0n) is 14.8. The third-order valence-corrected chi connectivity index (χ3v) is 5.17. The minimum atomic E-state index is -0.185. The number of amides is 2. The van der Waals surface area contributed by atoms with Crippen molar-refractivity contribution in [1.29, 1.82) is 0 Å². The normalized spacial score (nSPS) is 19.2. The van der Waals surface area contributed by atoms with Crippen molar-refractivity contribution in [2.75, 3.05) is 20.2 Å². The number of carbonyl (C=O) groups is 1. The number of hydrogen-bond donors (Lipinski definition) is 3. The summed E-state index contributed by atoms with van der Waals surface area (Å²) in [6, 6.07) is 3.38. The van der Waals surface area contributed by atoms with E-state index < -0.39 is 0 Å². The maximum absolute atomic E-state index is 12.4. The fraction of sp³-hybridized carbons (Fsp3) is 0.412. The largest absolute Gasteiger partial charge is 0.496 e. The highest BCUT2D eigenvalue weighted by molar-refractivity contribution is 9.10. The molecule has 2 aliphatic heterocycles. The molecule has 1 fully saturated rings. The summed E-state index contributed by atoms with van der Waals surface area (Å²) in [5, 5.41) is 6.57. The van der Waals surface area contributed by atoms with Crippen LogP contribution in [0.3, 0.4) is 0 Å². The highest BCUT2D eigenvalue weighted by Gasteiger charge is 2.36. The lowest BCUT2D eigenvalue weighted by molar-refractivity contribution is 0.206. The highest BCUT2D eigenvalue weighted by Crippen LogP contribution is 2.37. The molecule has 2 heterocycles. The molecule has 9 heteroatoms. The van der Waals surface area contributed by atoms with E-state index in [4.69, 9.17) is 22.1 Å². The molecule has 0 radical (unpaired) electrons. The van der Waals surface area contributed by atoms with Crippen molar-refractivity contribution in [2.24, 2.45) is 10.7 Å². The van der Waals surface area contributed by atoms with Gasteiger partial charge in [-0.25, -0.2) is 9.79 Å². The van der Waals surface area contributed by atoms with Gasteiger partial charge in [-0.2, -0.15) is 0 Å². The molecule has 7 nitrogen and oxygen atoms in total. The molecule has 1 aromatic carbocycles. The predicted molar refractivity (Wildman–Crippen MR) is 106 cm³/mol. The molecule has 2 amide bonds. The molecule has 1 saturated heterocycles. The topological polar surface area (TPSA) is 92.0 Å². The smallest absolute Gasteiger partial charge is 0.317 e. The Kier molecular flexibility index (Phi) is 5.34. The van der Waals surface area contributed by atoms with E-state index in [0.717, 1.165) is 21.3 Å². The molecule has 4 N–H and O–H groups in total. The second-order valence-corrected chi connectivity index (χ2v) is 7.77. The standard InChI is InChI=1S/C17H21BrClN5O2/c1-8(2)21-17(25)24-6-10-13(7-24)22-16(20)23-15(10)9-4-14(26-3)11(18)5-12(9)19/h4-5,8,13H,6-7H2,1-3H3,(H,21,25)(H3,20,22,23). The van der Waals surface area contributed by atoms with Crippen LogP contribution in [0.2, 0.25) is 5.02 Å². The number of rotatable bonds is 3. The van der Waals surface area contributed by atoms with Crippen LogP contribution < -0.4 is 21.1 Å². The molecule has 0 saturated carbocycles. The van der Waals surface area contributed by atoms with E-state index in [1.807, 2.05) is 19.9 Å². The van der Waals surface area contributed by atoms with Crippen LogP contribution in [0, 0.1) is 0 Å². The Morgan fingerprint density at radius 1 is 1.54 bits per heavy atom. The maximum Gasteiger partial charge on any atom is 0.317 e. The van der Waals surface area contributed by atoms with Crippen LogP contribution in [-0.2, 0) is 0 Å². The number of nitrogens with two attached hydrogens (primary N) is 1. The molecule has 0 bridgehead atoms. The Bertz CT molecular complexity index is 809. The van der Waals surface area contributed by atoms with Crippen molar-refractivity contribution in [3.8, 4) is 5.75 Å². The van der Waals surface area contributed by atoms with Crippen molar-refractivity contribution in [3.63, 3.8) is 0 Å². The number of benzene rings is 1. The lowest BCUT2D eigenvalue weighted by atomic mass is 10.0. The number of guanidine groups is 1. The van der Waals surface area contributed by atoms with Gasteiger partial charge in [0.25, 0.3) is 0 Å². The van der Waals surface area contributed by atoms with Crippen LogP contribution in [0.5, 0.6) is 5.75 Å². The Hall–Kier alpha value is -1.93. The summed E-state index contributed by atoms with van der Waals surface area (Å²) in [5.74, 6) is 0.960. The number of nitrogens with zero attached hydrogens (tertiary/aromatic N) is 2. The van der Waals surface area contributed by atoms with Crippen LogP contribution in [0.1, 0.15) is 19.4 Å². The predicted octanol–water partition coefficient (Wildman–Crippen LogP) is 2.54. The summed E-state index contributed by atoms with van der Waals surface area (Å²) >= 11 is 9.89. The molecular formula is C17H21BrClN5O2. The molecular weight excluding hydrogens is 422 g/mol. The fourth-order valence-electron chi connectivity index (χ4n) is 3.08. The van der Waals surface area contributed by atoms with E-state index in [9.17, 15) is 4.79 Å². The quantitative estimate of drug-likeness (QED) is 0.671. The number of fused-ring (bicyclic) bond motifs is 1. The van der Waals surface area contributed by atoms with E-state index >= 15 is 0 Å². The highest BCUT2D eigenvalue weighted by atomic mass is 79.9. The van der Waals surface area contributed by atoms with Gasteiger partial charge in [-0.1, -0.05) is 11.6 Å². The van der Waals surface area contributed by atoms with Crippen molar-refractivity contribution < 1.29 is 9.53 Å². The van der Waals surface area contributed by atoms with E-state index in [1.54, 1.807) is 18.1 Å². The third kappa shape index (κ3) is 3.61. The average molecular weight is 443 g/mol. The molecule has 3 rings (SSSR count). The summed E-state index contributed by atoms with van der Waals surface area (Å²) in [4.78, 5) is 18.5. The van der Waals surface area contributed by atoms with Crippen LogP contribution in [-0.4, -0.2) is 49.2 Å². The van der Waals surface area contributed by atoms with Gasteiger partial charge < -0.3 is 26.0 Å². The van der Waals surface area contributed by atoms with Gasteiger partial charge in [0.1, 0.15) is 5.75 Å². The monoisotopic (exact) mass is 441 g/mol. The molecule has 0 aliphatic carbocycles. The second-order valence-electron chi connectivity index (χ2n) is 6.51. The first-order valence-electron chi connectivity index (χ1n) is 8.22. The number of hydrogen-bond acceptors (Lipinski definition) is 5. The van der Waals surface area contributed by atoms with Crippen molar-refractivity contribution in [1.82, 2.24) is 15.5 Å². The summed E-state index contributed by atoms with van der Waals surface area (Å²) in [6.45, 7) is 4.79. The van der Waals surface area contributed by atoms with Crippen molar-refractivity contribution >= 4 is 45.2 Å².